The lowest BCUT2D eigenvalue weighted by atomic mass is 9.99. The largest absolute Gasteiger partial charge is 0.378 e. The fourth-order valence-electron chi connectivity index (χ4n) is 2.15. The highest BCUT2D eigenvalue weighted by Gasteiger charge is 2.27. The number of rotatable bonds is 2. The van der Waals surface area contributed by atoms with E-state index in [0.29, 0.717) is 13.2 Å². The summed E-state index contributed by atoms with van der Waals surface area (Å²) in [6, 6.07) is 5.11. The fraction of sp³-hybridized carbons (Fsp3) is 0.538. The van der Waals surface area contributed by atoms with Gasteiger partial charge in [0.1, 0.15) is 5.82 Å². The van der Waals surface area contributed by atoms with Gasteiger partial charge >= 0.3 is 0 Å². The second-order valence-corrected chi connectivity index (χ2v) is 5.60. The molecule has 1 aliphatic heterocycles. The van der Waals surface area contributed by atoms with Crippen LogP contribution in [-0.4, -0.2) is 24.8 Å². The third kappa shape index (κ3) is 3.41. The first kappa shape index (κ1) is 12.8. The van der Waals surface area contributed by atoms with Gasteiger partial charge < -0.3 is 10.1 Å². The summed E-state index contributed by atoms with van der Waals surface area (Å²) in [5.74, 6) is -0.372. The Morgan fingerprint density at radius 3 is 2.94 bits per heavy atom. The Bertz CT molecular complexity index is 408. The molecule has 1 unspecified atom stereocenters. The lowest BCUT2D eigenvalue weighted by Gasteiger charge is -2.37. The average molecular weight is 258 g/mol. The molecule has 0 aromatic heterocycles. The van der Waals surface area contributed by atoms with E-state index in [9.17, 15) is 4.39 Å². The van der Waals surface area contributed by atoms with Crippen LogP contribution in [0.3, 0.4) is 0 Å². The monoisotopic (exact) mass is 257 g/mol. The Morgan fingerprint density at radius 1 is 1.53 bits per heavy atom. The van der Waals surface area contributed by atoms with E-state index in [0.717, 1.165) is 12.0 Å². The Hall–Kier alpha value is -0.640. The van der Waals surface area contributed by atoms with Crippen molar-refractivity contribution >= 4 is 11.6 Å². The highest BCUT2D eigenvalue weighted by molar-refractivity contribution is 6.30. The molecule has 1 heterocycles. The molecule has 1 N–H and O–H groups in total. The number of nitrogens with one attached hydrogen (secondary N) is 1. The zero-order chi connectivity index (χ0) is 12.5. The van der Waals surface area contributed by atoms with E-state index in [1.807, 2.05) is 0 Å². The van der Waals surface area contributed by atoms with Gasteiger partial charge in [-0.1, -0.05) is 17.7 Å². The van der Waals surface area contributed by atoms with Crippen LogP contribution in [-0.2, 0) is 11.2 Å². The Morgan fingerprint density at radius 2 is 2.29 bits per heavy atom. The molecule has 0 radical (unpaired) electrons. The van der Waals surface area contributed by atoms with Gasteiger partial charge in [-0.15, -0.1) is 0 Å². The van der Waals surface area contributed by atoms with Crippen LogP contribution in [0.2, 0.25) is 5.02 Å². The van der Waals surface area contributed by atoms with Gasteiger partial charge in [0.25, 0.3) is 0 Å². The Balaban J connectivity index is 2.03. The summed E-state index contributed by atoms with van der Waals surface area (Å²) in [4.78, 5) is 0. The maximum atomic E-state index is 13.0. The summed E-state index contributed by atoms with van der Waals surface area (Å²) in [7, 11) is 0. The molecule has 1 atom stereocenters. The number of halogens is 2. The minimum atomic E-state index is -0.372. The SMILES string of the molecule is CC1(C)COCC(Cc2ccc(F)c(Cl)c2)N1. The molecule has 1 aromatic carbocycles. The van der Waals surface area contributed by atoms with Gasteiger partial charge in [0.2, 0.25) is 0 Å². The van der Waals surface area contributed by atoms with Crippen molar-refractivity contribution in [3.63, 3.8) is 0 Å². The molecule has 1 fully saturated rings. The van der Waals surface area contributed by atoms with Crippen LogP contribution in [0.15, 0.2) is 18.2 Å². The van der Waals surface area contributed by atoms with E-state index in [1.165, 1.54) is 6.07 Å². The quantitative estimate of drug-likeness (QED) is 0.880. The molecule has 0 saturated carbocycles. The molecule has 0 amide bonds. The van der Waals surface area contributed by atoms with E-state index >= 15 is 0 Å². The third-order valence-corrected chi connectivity index (χ3v) is 3.13. The van der Waals surface area contributed by atoms with E-state index in [4.69, 9.17) is 16.3 Å². The van der Waals surface area contributed by atoms with Gasteiger partial charge in [0.05, 0.1) is 18.2 Å². The van der Waals surface area contributed by atoms with Gasteiger partial charge in [-0.2, -0.15) is 0 Å². The molecule has 94 valence electrons. The van der Waals surface area contributed by atoms with Gasteiger partial charge in [0.15, 0.2) is 0 Å². The second-order valence-electron chi connectivity index (χ2n) is 5.19. The highest BCUT2D eigenvalue weighted by Crippen LogP contribution is 2.19. The molecule has 1 aliphatic rings. The predicted octanol–water partition coefficient (Wildman–Crippen LogP) is 2.79. The molecule has 0 spiro atoms. The van der Waals surface area contributed by atoms with Crippen molar-refractivity contribution < 1.29 is 9.13 Å². The minimum absolute atomic E-state index is 0.00720. The molecular formula is C13H17ClFNO. The van der Waals surface area contributed by atoms with Crippen LogP contribution in [0, 0.1) is 5.82 Å². The fourth-order valence-corrected chi connectivity index (χ4v) is 2.36. The third-order valence-electron chi connectivity index (χ3n) is 2.84. The molecule has 0 aliphatic carbocycles. The summed E-state index contributed by atoms with van der Waals surface area (Å²) >= 11 is 5.76. The van der Waals surface area contributed by atoms with Crippen LogP contribution >= 0.6 is 11.6 Å². The lowest BCUT2D eigenvalue weighted by molar-refractivity contribution is 0.0135. The maximum Gasteiger partial charge on any atom is 0.141 e. The van der Waals surface area contributed by atoms with Crippen molar-refractivity contribution in [1.82, 2.24) is 5.32 Å². The van der Waals surface area contributed by atoms with Crippen molar-refractivity contribution in [1.29, 1.82) is 0 Å². The summed E-state index contributed by atoms with van der Waals surface area (Å²) < 4.78 is 18.6. The normalized spacial score (nSPS) is 23.6. The van der Waals surface area contributed by atoms with Crippen molar-refractivity contribution in [3.8, 4) is 0 Å². The molecule has 2 rings (SSSR count). The van der Waals surface area contributed by atoms with Crippen molar-refractivity contribution in [2.75, 3.05) is 13.2 Å². The number of benzene rings is 1. The molecule has 1 aromatic rings. The van der Waals surface area contributed by atoms with E-state index in [-0.39, 0.29) is 22.4 Å². The standard InChI is InChI=1S/C13H17ClFNO/c1-13(2)8-17-7-10(16-13)5-9-3-4-12(15)11(14)6-9/h3-4,6,10,16H,5,7-8H2,1-2H3. The zero-order valence-electron chi connectivity index (χ0n) is 10.1. The first-order valence-electron chi connectivity index (χ1n) is 5.76. The number of hydrogen-bond acceptors (Lipinski definition) is 2. The number of hydrogen-bond donors (Lipinski definition) is 1. The predicted molar refractivity (Wildman–Crippen MR) is 66.9 cm³/mol. The summed E-state index contributed by atoms with van der Waals surface area (Å²) in [6.45, 7) is 5.61. The van der Waals surface area contributed by atoms with Crippen LogP contribution in [0.5, 0.6) is 0 Å². The van der Waals surface area contributed by atoms with E-state index < -0.39 is 0 Å². The summed E-state index contributed by atoms with van der Waals surface area (Å²) in [5, 5.41) is 3.69. The highest BCUT2D eigenvalue weighted by atomic mass is 35.5. The van der Waals surface area contributed by atoms with E-state index in [2.05, 4.69) is 19.2 Å². The van der Waals surface area contributed by atoms with Gasteiger partial charge in [-0.25, -0.2) is 4.39 Å². The Labute approximate surface area is 106 Å². The maximum absolute atomic E-state index is 13.0. The molecule has 2 nitrogen and oxygen atoms in total. The topological polar surface area (TPSA) is 21.3 Å². The van der Waals surface area contributed by atoms with Crippen molar-refractivity contribution in [2.45, 2.75) is 31.8 Å². The second kappa shape index (κ2) is 4.92. The molecule has 0 bridgehead atoms. The zero-order valence-corrected chi connectivity index (χ0v) is 10.9. The first-order chi connectivity index (χ1) is 7.96. The van der Waals surface area contributed by atoms with Gasteiger partial charge in [0, 0.05) is 11.6 Å². The first-order valence-corrected chi connectivity index (χ1v) is 6.13. The van der Waals surface area contributed by atoms with Crippen molar-refractivity contribution in [3.05, 3.63) is 34.6 Å². The average Bonchev–Trinajstić information content (AvgIpc) is 2.22. The smallest absolute Gasteiger partial charge is 0.141 e. The molecule has 17 heavy (non-hydrogen) atoms. The molecule has 1 saturated heterocycles. The lowest BCUT2D eigenvalue weighted by Crippen LogP contribution is -2.56. The van der Waals surface area contributed by atoms with Crippen LogP contribution in [0.4, 0.5) is 4.39 Å². The summed E-state index contributed by atoms with van der Waals surface area (Å²) in [5.41, 5.74) is 1.02. The van der Waals surface area contributed by atoms with E-state index in [1.54, 1.807) is 12.1 Å². The Kier molecular flexibility index (Phi) is 3.71. The van der Waals surface area contributed by atoms with Crippen molar-refractivity contribution in [2.24, 2.45) is 0 Å². The molecular weight excluding hydrogens is 241 g/mol. The number of ether oxygens (including phenoxy) is 1. The van der Waals surface area contributed by atoms with Crippen LogP contribution in [0.1, 0.15) is 19.4 Å². The van der Waals surface area contributed by atoms with Crippen LogP contribution in [0.25, 0.3) is 0 Å². The number of morpholine rings is 1. The summed E-state index contributed by atoms with van der Waals surface area (Å²) in [6.07, 6.45) is 0.795. The van der Waals surface area contributed by atoms with Gasteiger partial charge in [-0.3, -0.25) is 0 Å². The van der Waals surface area contributed by atoms with Gasteiger partial charge in [-0.05, 0) is 38.0 Å². The molecule has 4 heteroatoms. The van der Waals surface area contributed by atoms with Crippen LogP contribution < -0.4 is 5.32 Å². The minimum Gasteiger partial charge on any atom is -0.378 e.